The van der Waals surface area contributed by atoms with Crippen LogP contribution in [0.1, 0.15) is 17.0 Å². The Morgan fingerprint density at radius 2 is 1.81 bits per heavy atom. The zero-order chi connectivity index (χ0) is 20.1. The van der Waals surface area contributed by atoms with Crippen molar-refractivity contribution in [1.82, 2.24) is 4.68 Å². The number of aryl methyl sites for hydroxylation is 2. The molecular weight excluding hydrogens is 352 g/mol. The predicted molar refractivity (Wildman–Crippen MR) is 98.1 cm³/mol. The summed E-state index contributed by atoms with van der Waals surface area (Å²) in [5.74, 6) is -0.415. The second-order valence-corrected chi connectivity index (χ2v) is 5.59. The van der Waals surface area contributed by atoms with Gasteiger partial charge in [-0.05, 0) is 32.1 Å². The fourth-order valence-electron chi connectivity index (χ4n) is 2.47. The van der Waals surface area contributed by atoms with Gasteiger partial charge in [-0.15, -0.1) is 0 Å². The molecule has 1 N–H and O–H groups in total. The largest absolute Gasteiger partial charge is 0.496 e. The van der Waals surface area contributed by atoms with E-state index in [1.807, 2.05) is 18.2 Å². The lowest BCUT2D eigenvalue weighted by Gasteiger charge is -2.11. The number of ether oxygens (including phenoxy) is 2. The first-order valence-electron chi connectivity index (χ1n) is 7.80. The number of nitrogens with one attached hydrogen (secondary N) is 1. The van der Waals surface area contributed by atoms with E-state index in [9.17, 15) is 20.2 Å². The molecule has 0 saturated carbocycles. The van der Waals surface area contributed by atoms with Gasteiger partial charge in [0.05, 0.1) is 19.1 Å². The van der Waals surface area contributed by atoms with Crippen molar-refractivity contribution >= 4 is 17.7 Å². The molecule has 0 unspecified atom stereocenters. The van der Waals surface area contributed by atoms with Gasteiger partial charge in [0.25, 0.3) is 5.91 Å². The van der Waals surface area contributed by atoms with E-state index in [4.69, 9.17) is 9.47 Å². The average molecular weight is 370 g/mol. The number of hydrogen-bond donors (Lipinski definition) is 1. The Kier molecular flexibility index (Phi) is 5.82. The van der Waals surface area contributed by atoms with Crippen molar-refractivity contribution < 1.29 is 19.2 Å². The van der Waals surface area contributed by atoms with Crippen LogP contribution in [-0.4, -0.2) is 29.7 Å². The summed E-state index contributed by atoms with van der Waals surface area (Å²) in [6.45, 7) is 3.61. The molecule has 1 heterocycles. The van der Waals surface area contributed by atoms with Gasteiger partial charge in [0.1, 0.15) is 17.4 Å². The number of nitro groups is 1. The molecule has 0 aliphatic heterocycles. The van der Waals surface area contributed by atoms with Gasteiger partial charge < -0.3 is 9.47 Å². The highest BCUT2D eigenvalue weighted by Gasteiger charge is 2.20. The summed E-state index contributed by atoms with van der Waals surface area (Å²) in [4.78, 5) is 23.1. The minimum Gasteiger partial charge on any atom is -0.496 e. The second kappa shape index (κ2) is 8.05. The monoisotopic (exact) mass is 370 g/mol. The number of nitriles is 1. The average Bonchev–Trinajstić information content (AvgIpc) is 2.97. The lowest BCUT2D eigenvalue weighted by Crippen LogP contribution is -2.25. The lowest BCUT2D eigenvalue weighted by molar-refractivity contribution is -0.385. The van der Waals surface area contributed by atoms with Crippen LogP contribution in [0.4, 0.5) is 5.69 Å². The number of nitro benzene ring substituents is 1. The topological polar surface area (TPSA) is 119 Å². The number of carbonyl (C=O) groups excluding carboxylic acids is 1. The van der Waals surface area contributed by atoms with Gasteiger partial charge in [0.2, 0.25) is 5.75 Å². The van der Waals surface area contributed by atoms with E-state index in [0.29, 0.717) is 0 Å². The number of rotatable bonds is 6. The van der Waals surface area contributed by atoms with E-state index in [0.717, 1.165) is 11.4 Å². The summed E-state index contributed by atoms with van der Waals surface area (Å²) in [6, 6.07) is 7.97. The Labute approximate surface area is 155 Å². The molecule has 0 fully saturated rings. The maximum Gasteiger partial charge on any atom is 0.311 e. The van der Waals surface area contributed by atoms with Gasteiger partial charge in [0, 0.05) is 29.1 Å². The Balaban J connectivity index is 2.47. The lowest BCUT2D eigenvalue weighted by atomic mass is 10.1. The molecule has 0 radical (unpaired) electrons. The van der Waals surface area contributed by atoms with E-state index >= 15 is 0 Å². The third kappa shape index (κ3) is 4.07. The summed E-state index contributed by atoms with van der Waals surface area (Å²) in [5.41, 5.74) is 3.85. The minimum atomic E-state index is -0.652. The van der Waals surface area contributed by atoms with E-state index < -0.39 is 10.8 Å². The van der Waals surface area contributed by atoms with Crippen molar-refractivity contribution in [2.24, 2.45) is 0 Å². The summed E-state index contributed by atoms with van der Waals surface area (Å²) >= 11 is 0. The van der Waals surface area contributed by atoms with Crippen LogP contribution in [0.15, 0.2) is 29.8 Å². The molecule has 9 nitrogen and oxygen atoms in total. The highest BCUT2D eigenvalue weighted by atomic mass is 16.6. The number of nitrogens with zero attached hydrogens (tertiary/aromatic N) is 3. The molecule has 1 aromatic heterocycles. The smallest absolute Gasteiger partial charge is 0.311 e. The molecule has 0 bridgehead atoms. The molecule has 2 rings (SSSR count). The first-order chi connectivity index (χ1) is 12.8. The van der Waals surface area contributed by atoms with Crippen molar-refractivity contribution in [1.29, 1.82) is 5.26 Å². The van der Waals surface area contributed by atoms with Crippen molar-refractivity contribution in [2.75, 3.05) is 19.6 Å². The number of carbonyl (C=O) groups is 1. The molecule has 1 amide bonds. The zero-order valence-electron chi connectivity index (χ0n) is 15.3. The molecule has 0 spiro atoms. The van der Waals surface area contributed by atoms with Crippen molar-refractivity contribution in [2.45, 2.75) is 13.8 Å². The zero-order valence-corrected chi connectivity index (χ0v) is 15.3. The third-order valence-electron chi connectivity index (χ3n) is 3.88. The van der Waals surface area contributed by atoms with Crippen LogP contribution in [0.2, 0.25) is 0 Å². The van der Waals surface area contributed by atoms with Gasteiger partial charge in [-0.25, -0.2) is 0 Å². The fourth-order valence-corrected chi connectivity index (χ4v) is 2.47. The minimum absolute atomic E-state index is 0.00977. The molecule has 0 aliphatic rings. The molecule has 27 heavy (non-hydrogen) atoms. The highest BCUT2D eigenvalue weighted by Crippen LogP contribution is 2.35. The first kappa shape index (κ1) is 19.5. The van der Waals surface area contributed by atoms with Crippen molar-refractivity contribution in [3.8, 4) is 17.6 Å². The van der Waals surface area contributed by atoms with Gasteiger partial charge in [-0.1, -0.05) is 0 Å². The Morgan fingerprint density at radius 1 is 1.22 bits per heavy atom. The van der Waals surface area contributed by atoms with Crippen LogP contribution in [0.25, 0.3) is 6.08 Å². The summed E-state index contributed by atoms with van der Waals surface area (Å²) < 4.78 is 11.7. The van der Waals surface area contributed by atoms with Gasteiger partial charge in [-0.2, -0.15) is 5.26 Å². The molecule has 9 heteroatoms. The van der Waals surface area contributed by atoms with Gasteiger partial charge >= 0.3 is 5.69 Å². The molecule has 0 atom stereocenters. The van der Waals surface area contributed by atoms with Crippen molar-refractivity contribution in [3.63, 3.8) is 0 Å². The molecule has 0 saturated heterocycles. The SMILES string of the molecule is COc1cc(OC)c([N+](=O)[O-])cc1/C=C(/C#N)C(=O)Nn1c(C)ccc1C. The maximum atomic E-state index is 12.5. The second-order valence-electron chi connectivity index (χ2n) is 5.59. The molecule has 0 aliphatic carbocycles. The molecule has 1 aromatic carbocycles. The number of methoxy groups -OCH3 is 2. The number of hydrogen-bond acceptors (Lipinski definition) is 6. The van der Waals surface area contributed by atoms with E-state index in [2.05, 4.69) is 5.43 Å². The standard InChI is InChI=1S/C18H18N4O5/c1-11-5-6-12(2)21(11)20-18(23)14(10-19)7-13-8-15(22(24)25)17(27-4)9-16(13)26-3/h5-9H,1-4H3,(H,20,23)/b14-7-. The normalized spacial score (nSPS) is 10.9. The molecule has 140 valence electrons. The van der Waals surface area contributed by atoms with Crippen LogP contribution in [0.3, 0.4) is 0 Å². The van der Waals surface area contributed by atoms with E-state index in [1.165, 1.54) is 32.4 Å². The predicted octanol–water partition coefficient (Wildman–Crippen LogP) is 2.71. The van der Waals surface area contributed by atoms with Crippen LogP contribution in [-0.2, 0) is 4.79 Å². The Bertz CT molecular complexity index is 949. The maximum absolute atomic E-state index is 12.5. The van der Waals surface area contributed by atoms with Gasteiger partial charge in [-0.3, -0.25) is 25.0 Å². The van der Waals surface area contributed by atoms with Crippen LogP contribution < -0.4 is 14.9 Å². The quantitative estimate of drug-likeness (QED) is 0.361. The molecular formula is C18H18N4O5. The fraction of sp³-hybridized carbons (Fsp3) is 0.222. The third-order valence-corrected chi connectivity index (χ3v) is 3.88. The van der Waals surface area contributed by atoms with Crippen LogP contribution in [0.5, 0.6) is 11.5 Å². The molecule has 2 aromatic rings. The van der Waals surface area contributed by atoms with E-state index in [-0.39, 0.29) is 28.3 Å². The highest BCUT2D eigenvalue weighted by molar-refractivity contribution is 6.06. The number of amides is 1. The Morgan fingerprint density at radius 3 is 2.30 bits per heavy atom. The van der Waals surface area contributed by atoms with Gasteiger partial charge in [0.15, 0.2) is 0 Å². The number of benzene rings is 1. The summed E-state index contributed by atoms with van der Waals surface area (Å²) in [7, 11) is 2.67. The van der Waals surface area contributed by atoms with Crippen molar-refractivity contribution in [3.05, 3.63) is 56.9 Å². The summed E-state index contributed by atoms with van der Waals surface area (Å²) in [6.07, 6.45) is 1.23. The van der Waals surface area contributed by atoms with E-state index in [1.54, 1.807) is 18.5 Å². The van der Waals surface area contributed by atoms with Crippen LogP contribution >= 0.6 is 0 Å². The Hall–Kier alpha value is -3.80. The summed E-state index contributed by atoms with van der Waals surface area (Å²) in [5, 5.41) is 20.6. The number of aromatic nitrogens is 1. The van der Waals surface area contributed by atoms with Crippen LogP contribution in [0, 0.1) is 35.3 Å². The first-order valence-corrected chi connectivity index (χ1v) is 7.80.